The third-order valence-electron chi connectivity index (χ3n) is 3.71. The van der Waals surface area contributed by atoms with Gasteiger partial charge in [0.1, 0.15) is 6.04 Å². The number of hydrogen-bond donors (Lipinski definition) is 1. The Hall–Kier alpha value is -1.06. The van der Waals surface area contributed by atoms with Crippen molar-refractivity contribution in [2.45, 2.75) is 35.0 Å². The van der Waals surface area contributed by atoms with Gasteiger partial charge in [-0.2, -0.15) is 0 Å². The van der Waals surface area contributed by atoms with Crippen molar-refractivity contribution in [1.82, 2.24) is 15.1 Å². The summed E-state index contributed by atoms with van der Waals surface area (Å²) in [4.78, 5) is 26.0. The number of anilines is 1. The quantitative estimate of drug-likeness (QED) is 0.495. The minimum atomic E-state index is -0.418. The summed E-state index contributed by atoms with van der Waals surface area (Å²) >= 11 is 4.54. The van der Waals surface area contributed by atoms with Crippen LogP contribution in [0.25, 0.3) is 0 Å². The highest BCUT2D eigenvalue weighted by Crippen LogP contribution is 2.47. The number of aromatic nitrogens is 2. The molecule has 0 aliphatic carbocycles. The van der Waals surface area contributed by atoms with E-state index in [-0.39, 0.29) is 16.7 Å². The predicted octanol–water partition coefficient (Wildman–Crippen LogP) is 2.21. The van der Waals surface area contributed by atoms with Crippen LogP contribution in [0.2, 0.25) is 0 Å². The molecule has 0 aromatic carbocycles. The molecule has 1 aromatic rings. The molecule has 6 nitrogen and oxygen atoms in total. The Labute approximate surface area is 141 Å². The molecule has 3 rings (SSSR count). The Morgan fingerprint density at radius 1 is 1.64 bits per heavy atom. The topological polar surface area (TPSA) is 75.2 Å². The number of fused-ring (bicyclic) bond motifs is 1. The molecule has 2 aliphatic heterocycles. The van der Waals surface area contributed by atoms with Crippen LogP contribution in [0.1, 0.15) is 19.8 Å². The van der Waals surface area contributed by atoms with Crippen LogP contribution >= 0.6 is 34.9 Å². The molecule has 118 valence electrons. The molecule has 0 spiro atoms. The number of nitrogens with zero attached hydrogens (tertiary/aromatic N) is 3. The lowest BCUT2D eigenvalue weighted by atomic mass is 10.2. The minimum absolute atomic E-state index is 0.0622. The monoisotopic (exact) mass is 356 g/mol. The largest absolute Gasteiger partial charge is 0.315 e. The number of carbonyl (C=O) groups is 2. The van der Waals surface area contributed by atoms with Crippen LogP contribution in [0.5, 0.6) is 0 Å². The van der Waals surface area contributed by atoms with Gasteiger partial charge in [0.15, 0.2) is 4.34 Å². The average molecular weight is 356 g/mol. The van der Waals surface area contributed by atoms with Crippen molar-refractivity contribution in [2.75, 3.05) is 16.8 Å². The van der Waals surface area contributed by atoms with Crippen molar-refractivity contribution >= 4 is 51.8 Å². The maximum Gasteiger partial charge on any atom is 0.249 e. The molecule has 2 amide bonds. The number of carbonyl (C=O) groups excluding carboxylic acids is 2. The van der Waals surface area contributed by atoms with Crippen LogP contribution in [0, 0.1) is 0 Å². The van der Waals surface area contributed by atoms with Crippen molar-refractivity contribution in [3.8, 4) is 0 Å². The Morgan fingerprint density at radius 3 is 3.23 bits per heavy atom. The van der Waals surface area contributed by atoms with Gasteiger partial charge in [0.25, 0.3) is 0 Å². The SMILES string of the molecule is C=CCSc1nnc(NC(=O)[C@H]2CS[C@@]3(C)CCC(=O)N23)s1. The molecule has 1 N–H and O–H groups in total. The fourth-order valence-electron chi connectivity index (χ4n) is 2.65. The standard InChI is InChI=1S/C13H16N4O2S3/c1-3-6-20-12-16-15-11(22-12)14-10(19)8-7-21-13(2)5-4-9(18)17(8)13/h3,8H,1,4-7H2,2H3,(H,14,15,19)/t8-,13+/m1/s1. The Morgan fingerprint density at radius 2 is 2.45 bits per heavy atom. The molecule has 0 bridgehead atoms. The van der Waals surface area contributed by atoms with E-state index in [1.807, 2.05) is 6.92 Å². The normalized spacial score (nSPS) is 27.0. The van der Waals surface area contributed by atoms with Crippen molar-refractivity contribution in [3.05, 3.63) is 12.7 Å². The number of nitrogens with one attached hydrogen (secondary N) is 1. The second-order valence-corrected chi connectivity index (χ2v) is 8.97. The zero-order chi connectivity index (χ0) is 15.7. The van der Waals surface area contributed by atoms with Gasteiger partial charge in [-0.25, -0.2) is 0 Å². The summed E-state index contributed by atoms with van der Waals surface area (Å²) in [5, 5.41) is 11.2. The van der Waals surface area contributed by atoms with E-state index in [9.17, 15) is 9.59 Å². The molecular formula is C13H16N4O2S3. The minimum Gasteiger partial charge on any atom is -0.315 e. The molecule has 0 saturated carbocycles. The summed E-state index contributed by atoms with van der Waals surface area (Å²) < 4.78 is 0.790. The van der Waals surface area contributed by atoms with Gasteiger partial charge in [0.2, 0.25) is 16.9 Å². The lowest BCUT2D eigenvalue weighted by Gasteiger charge is -2.29. The first-order chi connectivity index (χ1) is 10.5. The summed E-state index contributed by atoms with van der Waals surface area (Å²) in [6, 6.07) is -0.418. The number of hydrogen-bond acceptors (Lipinski definition) is 7. The van der Waals surface area contributed by atoms with Gasteiger partial charge in [-0.1, -0.05) is 29.2 Å². The molecule has 2 fully saturated rings. The highest BCUT2D eigenvalue weighted by atomic mass is 32.2. The molecule has 2 atom stereocenters. The van der Waals surface area contributed by atoms with Gasteiger partial charge in [-0.15, -0.1) is 28.5 Å². The summed E-state index contributed by atoms with van der Waals surface area (Å²) in [5.74, 6) is 1.27. The van der Waals surface area contributed by atoms with Gasteiger partial charge in [-0.3, -0.25) is 14.9 Å². The third kappa shape index (κ3) is 2.89. The van der Waals surface area contributed by atoms with E-state index in [1.165, 1.54) is 23.1 Å². The molecule has 1 aromatic heterocycles. The third-order valence-corrected chi connectivity index (χ3v) is 7.18. The summed E-state index contributed by atoms with van der Waals surface area (Å²) in [6.45, 7) is 5.69. The average Bonchev–Trinajstić information content (AvgIpc) is 3.14. The highest BCUT2D eigenvalue weighted by molar-refractivity contribution is 8.01. The summed E-state index contributed by atoms with van der Waals surface area (Å²) in [6.07, 6.45) is 3.12. The van der Waals surface area contributed by atoms with Crippen LogP contribution in [0.3, 0.4) is 0 Å². The van der Waals surface area contributed by atoms with Crippen LogP contribution in [0.4, 0.5) is 5.13 Å². The van der Waals surface area contributed by atoms with Gasteiger partial charge in [-0.05, 0) is 13.3 Å². The van der Waals surface area contributed by atoms with Crippen molar-refractivity contribution in [1.29, 1.82) is 0 Å². The first-order valence-electron chi connectivity index (χ1n) is 6.88. The number of thioether (sulfide) groups is 2. The number of amides is 2. The maximum atomic E-state index is 12.5. The second-order valence-electron chi connectivity index (χ2n) is 5.23. The maximum absolute atomic E-state index is 12.5. The molecule has 9 heteroatoms. The Balaban J connectivity index is 1.66. The first kappa shape index (κ1) is 15.8. The fraction of sp³-hybridized carbons (Fsp3) is 0.538. The first-order valence-corrected chi connectivity index (χ1v) is 9.66. The van der Waals surface area contributed by atoms with Crippen LogP contribution < -0.4 is 5.32 Å². The fourth-order valence-corrected chi connectivity index (χ4v) is 5.60. The lowest BCUT2D eigenvalue weighted by molar-refractivity contribution is -0.135. The molecule has 3 heterocycles. The predicted molar refractivity (Wildman–Crippen MR) is 90.2 cm³/mol. The van der Waals surface area contributed by atoms with E-state index in [0.717, 1.165) is 16.5 Å². The second kappa shape index (κ2) is 6.21. The van der Waals surface area contributed by atoms with E-state index in [2.05, 4.69) is 22.1 Å². The van der Waals surface area contributed by atoms with Gasteiger partial charge >= 0.3 is 0 Å². The van der Waals surface area contributed by atoms with Crippen LogP contribution in [-0.4, -0.2) is 49.3 Å². The molecule has 2 saturated heterocycles. The van der Waals surface area contributed by atoms with Crippen molar-refractivity contribution in [2.24, 2.45) is 0 Å². The molecule has 0 unspecified atom stereocenters. The molecular weight excluding hydrogens is 340 g/mol. The highest BCUT2D eigenvalue weighted by Gasteiger charge is 2.52. The molecule has 2 aliphatic rings. The molecule has 22 heavy (non-hydrogen) atoms. The van der Waals surface area contributed by atoms with Gasteiger partial charge in [0, 0.05) is 17.9 Å². The van der Waals surface area contributed by atoms with E-state index in [4.69, 9.17) is 0 Å². The zero-order valence-electron chi connectivity index (χ0n) is 12.1. The smallest absolute Gasteiger partial charge is 0.249 e. The van der Waals surface area contributed by atoms with Crippen molar-refractivity contribution < 1.29 is 9.59 Å². The summed E-state index contributed by atoms with van der Waals surface area (Å²) in [5.41, 5.74) is 0. The lowest BCUT2D eigenvalue weighted by Crippen LogP contribution is -2.48. The molecule has 0 radical (unpaired) electrons. The van der Waals surface area contributed by atoms with Crippen LogP contribution in [-0.2, 0) is 9.59 Å². The zero-order valence-corrected chi connectivity index (χ0v) is 14.5. The van der Waals surface area contributed by atoms with E-state index < -0.39 is 6.04 Å². The summed E-state index contributed by atoms with van der Waals surface area (Å²) in [7, 11) is 0. The Kier molecular flexibility index (Phi) is 4.47. The van der Waals surface area contributed by atoms with Crippen molar-refractivity contribution in [3.63, 3.8) is 0 Å². The van der Waals surface area contributed by atoms with E-state index >= 15 is 0 Å². The van der Waals surface area contributed by atoms with E-state index in [0.29, 0.717) is 17.3 Å². The van der Waals surface area contributed by atoms with Gasteiger partial charge < -0.3 is 4.90 Å². The number of rotatable bonds is 5. The van der Waals surface area contributed by atoms with Crippen LogP contribution in [0.15, 0.2) is 17.0 Å². The van der Waals surface area contributed by atoms with Gasteiger partial charge in [0.05, 0.1) is 4.87 Å². The van der Waals surface area contributed by atoms with E-state index in [1.54, 1.807) is 22.7 Å². The Bertz CT molecular complexity index is 620.